The first-order chi connectivity index (χ1) is 15.1. The summed E-state index contributed by atoms with van der Waals surface area (Å²) in [5.74, 6) is -0.00984. The van der Waals surface area contributed by atoms with Gasteiger partial charge in [-0.3, -0.25) is 18.7 Å². The van der Waals surface area contributed by atoms with E-state index in [1.54, 1.807) is 7.05 Å². The number of nitrogens with zero attached hydrogens (tertiary/aromatic N) is 4. The number of benzene rings is 1. The lowest BCUT2D eigenvalue weighted by Crippen LogP contribution is -2.38. The number of hydrogen-bond acceptors (Lipinski definition) is 5. The Morgan fingerprint density at radius 2 is 1.56 bits per heavy atom. The maximum Gasteiger partial charge on any atom is 0.332 e. The standard InChI is InChI=1S/C25H30N4O3/c1-7-29(8-2)16-11-9-15(10-12-16)19-20-17(13-25(3,4)14-18(20)30)26-22-21(19)23(31)28(6)24(32)27(22)5/h9-12H,7-8,13-14H2,1-6H3. The van der Waals surface area contributed by atoms with Gasteiger partial charge in [-0.15, -0.1) is 0 Å². The minimum atomic E-state index is -0.432. The normalized spacial score (nSPS) is 15.1. The van der Waals surface area contributed by atoms with E-state index in [9.17, 15) is 14.4 Å². The van der Waals surface area contributed by atoms with Gasteiger partial charge in [0.25, 0.3) is 5.56 Å². The highest BCUT2D eigenvalue weighted by Crippen LogP contribution is 2.40. The molecule has 2 aromatic heterocycles. The number of carbonyl (C=O) groups is 1. The van der Waals surface area contributed by atoms with Gasteiger partial charge in [0.15, 0.2) is 5.78 Å². The van der Waals surface area contributed by atoms with E-state index in [-0.39, 0.29) is 11.2 Å². The Morgan fingerprint density at radius 3 is 2.16 bits per heavy atom. The maximum absolute atomic E-state index is 13.3. The molecule has 0 spiro atoms. The molecule has 7 nitrogen and oxygen atoms in total. The smallest absolute Gasteiger partial charge is 0.332 e. The Kier molecular flexibility index (Phi) is 5.31. The lowest BCUT2D eigenvalue weighted by atomic mass is 9.73. The summed E-state index contributed by atoms with van der Waals surface area (Å²) < 4.78 is 2.48. The van der Waals surface area contributed by atoms with Gasteiger partial charge in [0.05, 0.1) is 11.1 Å². The monoisotopic (exact) mass is 434 g/mol. The van der Waals surface area contributed by atoms with E-state index in [0.29, 0.717) is 40.7 Å². The van der Waals surface area contributed by atoms with Crippen LogP contribution in [0.3, 0.4) is 0 Å². The van der Waals surface area contributed by atoms with Crippen LogP contribution in [0.15, 0.2) is 33.9 Å². The first kappa shape index (κ1) is 22.0. The predicted molar refractivity (Wildman–Crippen MR) is 128 cm³/mol. The molecule has 4 rings (SSSR count). The van der Waals surface area contributed by atoms with E-state index >= 15 is 0 Å². The molecule has 0 fully saturated rings. The van der Waals surface area contributed by atoms with Gasteiger partial charge < -0.3 is 4.90 Å². The van der Waals surface area contributed by atoms with Crippen LogP contribution in [0.2, 0.25) is 0 Å². The Balaban J connectivity index is 2.11. The van der Waals surface area contributed by atoms with Gasteiger partial charge in [-0.2, -0.15) is 0 Å². The fourth-order valence-electron chi connectivity index (χ4n) is 4.82. The Hall–Kier alpha value is -3.22. The lowest BCUT2D eigenvalue weighted by Gasteiger charge is -2.31. The van der Waals surface area contributed by atoms with Gasteiger partial charge in [-0.25, -0.2) is 9.78 Å². The summed E-state index contributed by atoms with van der Waals surface area (Å²) in [4.78, 5) is 46.2. The zero-order chi connectivity index (χ0) is 23.4. The third-order valence-corrected chi connectivity index (χ3v) is 6.51. The van der Waals surface area contributed by atoms with Crippen molar-refractivity contribution in [1.29, 1.82) is 0 Å². The zero-order valence-electron chi connectivity index (χ0n) is 19.7. The highest BCUT2D eigenvalue weighted by molar-refractivity contribution is 6.10. The van der Waals surface area contributed by atoms with Gasteiger partial charge in [-0.05, 0) is 43.4 Å². The molecule has 7 heteroatoms. The van der Waals surface area contributed by atoms with Crippen LogP contribution in [0.1, 0.15) is 50.2 Å². The molecular formula is C25H30N4O3. The van der Waals surface area contributed by atoms with E-state index in [2.05, 4.69) is 18.7 Å². The molecule has 0 radical (unpaired) electrons. The molecule has 0 atom stereocenters. The quantitative estimate of drug-likeness (QED) is 0.630. The molecular weight excluding hydrogens is 404 g/mol. The summed E-state index contributed by atoms with van der Waals surface area (Å²) in [7, 11) is 3.08. The van der Waals surface area contributed by atoms with Crippen LogP contribution in [-0.4, -0.2) is 33.0 Å². The molecule has 0 N–H and O–H groups in total. The van der Waals surface area contributed by atoms with Crippen molar-refractivity contribution in [3.8, 4) is 11.1 Å². The summed E-state index contributed by atoms with van der Waals surface area (Å²) in [6.07, 6.45) is 1.00. The topological polar surface area (TPSA) is 77.2 Å². The molecule has 0 saturated heterocycles. The summed E-state index contributed by atoms with van der Waals surface area (Å²) in [6.45, 7) is 10.1. The van der Waals surface area contributed by atoms with Crippen molar-refractivity contribution in [2.75, 3.05) is 18.0 Å². The molecule has 0 aliphatic heterocycles. The van der Waals surface area contributed by atoms with Crippen molar-refractivity contribution in [2.24, 2.45) is 19.5 Å². The zero-order valence-corrected chi connectivity index (χ0v) is 19.7. The number of fused-ring (bicyclic) bond motifs is 2. The van der Waals surface area contributed by atoms with Crippen LogP contribution in [-0.2, 0) is 20.5 Å². The molecule has 1 aromatic carbocycles. The van der Waals surface area contributed by atoms with Crippen LogP contribution in [0.4, 0.5) is 5.69 Å². The summed E-state index contributed by atoms with van der Waals surface area (Å²) >= 11 is 0. The molecule has 2 heterocycles. The average molecular weight is 435 g/mol. The first-order valence-corrected chi connectivity index (χ1v) is 11.1. The second kappa shape index (κ2) is 7.73. The third-order valence-electron chi connectivity index (χ3n) is 6.51. The van der Waals surface area contributed by atoms with Crippen molar-refractivity contribution in [3.63, 3.8) is 0 Å². The number of aromatic nitrogens is 3. The number of hydrogen-bond donors (Lipinski definition) is 0. The van der Waals surface area contributed by atoms with E-state index < -0.39 is 11.2 Å². The minimum Gasteiger partial charge on any atom is -0.372 e. The summed E-state index contributed by atoms with van der Waals surface area (Å²) in [6, 6.07) is 7.95. The fraction of sp³-hybridized carbons (Fsp3) is 0.440. The van der Waals surface area contributed by atoms with Crippen molar-refractivity contribution in [2.45, 2.75) is 40.5 Å². The average Bonchev–Trinajstić information content (AvgIpc) is 2.75. The van der Waals surface area contributed by atoms with Crippen LogP contribution in [0.5, 0.6) is 0 Å². The highest BCUT2D eigenvalue weighted by Gasteiger charge is 2.36. The molecule has 32 heavy (non-hydrogen) atoms. The van der Waals surface area contributed by atoms with Crippen molar-refractivity contribution < 1.29 is 4.79 Å². The van der Waals surface area contributed by atoms with Gasteiger partial charge in [0, 0.05) is 50.4 Å². The van der Waals surface area contributed by atoms with Gasteiger partial charge in [-0.1, -0.05) is 26.0 Å². The molecule has 168 valence electrons. The second-order valence-corrected chi connectivity index (χ2v) is 9.37. The van der Waals surface area contributed by atoms with Gasteiger partial charge >= 0.3 is 5.69 Å². The second-order valence-electron chi connectivity index (χ2n) is 9.37. The lowest BCUT2D eigenvalue weighted by molar-refractivity contribution is 0.0911. The molecule has 0 amide bonds. The van der Waals surface area contributed by atoms with Gasteiger partial charge in [0.1, 0.15) is 5.65 Å². The fourth-order valence-corrected chi connectivity index (χ4v) is 4.82. The molecule has 3 aromatic rings. The maximum atomic E-state index is 13.3. The Morgan fingerprint density at radius 1 is 0.938 bits per heavy atom. The van der Waals surface area contributed by atoms with Crippen molar-refractivity contribution in [1.82, 2.24) is 14.1 Å². The summed E-state index contributed by atoms with van der Waals surface area (Å²) in [5.41, 5.74) is 2.86. The van der Waals surface area contributed by atoms with Crippen molar-refractivity contribution >= 4 is 22.5 Å². The number of ketones is 1. The number of carbonyl (C=O) groups excluding carboxylic acids is 1. The van der Waals surface area contributed by atoms with Crippen molar-refractivity contribution in [3.05, 3.63) is 56.4 Å². The van der Waals surface area contributed by atoms with E-state index in [0.717, 1.165) is 28.9 Å². The number of Topliss-reactive ketones (excluding diaryl/α,β-unsaturated/α-hetero) is 1. The van der Waals surface area contributed by atoms with E-state index in [1.807, 2.05) is 38.1 Å². The van der Waals surface area contributed by atoms with E-state index in [1.165, 1.54) is 11.6 Å². The SMILES string of the molecule is CCN(CC)c1ccc(-c2c3c(nc4c2c(=O)n(C)c(=O)n4C)CC(C)(C)CC3=O)cc1. The predicted octanol–water partition coefficient (Wildman–Crippen LogP) is 3.30. The molecule has 0 unspecified atom stereocenters. The number of pyridine rings is 1. The van der Waals surface area contributed by atoms with Gasteiger partial charge in [0.2, 0.25) is 0 Å². The minimum absolute atomic E-state index is 0.00984. The Labute approximate surface area is 187 Å². The number of anilines is 1. The largest absolute Gasteiger partial charge is 0.372 e. The number of aryl methyl sites for hydroxylation is 1. The van der Waals surface area contributed by atoms with Crippen LogP contribution >= 0.6 is 0 Å². The molecule has 0 bridgehead atoms. The Bertz CT molecular complexity index is 1340. The van der Waals surface area contributed by atoms with Crippen LogP contribution < -0.4 is 16.1 Å². The highest BCUT2D eigenvalue weighted by atomic mass is 16.2. The third kappa shape index (κ3) is 3.36. The van der Waals surface area contributed by atoms with E-state index in [4.69, 9.17) is 4.98 Å². The van der Waals surface area contributed by atoms with Crippen LogP contribution in [0, 0.1) is 5.41 Å². The first-order valence-electron chi connectivity index (χ1n) is 11.1. The summed E-state index contributed by atoms with van der Waals surface area (Å²) in [5, 5.41) is 0.317. The van der Waals surface area contributed by atoms with Crippen LogP contribution in [0.25, 0.3) is 22.2 Å². The number of rotatable bonds is 4. The molecule has 1 aliphatic rings. The molecule has 1 aliphatic carbocycles. The molecule has 0 saturated carbocycles.